The molecule has 0 saturated heterocycles. The molecule has 0 amide bonds. The van der Waals surface area contributed by atoms with Crippen LogP contribution in [0.1, 0.15) is 57.9 Å². The monoisotopic (exact) mass is 340 g/mol. The largest absolute Gasteiger partial charge is 0.481 e. The maximum atomic E-state index is 13.3. The van der Waals surface area contributed by atoms with Gasteiger partial charge in [-0.2, -0.15) is 0 Å². The molecule has 0 heterocycles. The minimum absolute atomic E-state index is 0.208. The second-order valence-electron chi connectivity index (χ2n) is 5.91. The first-order valence-electron chi connectivity index (χ1n) is 8.53. The molecule has 0 aliphatic carbocycles. The number of unbranched alkanes of at least 4 members (excludes halogenated alkanes) is 3. The summed E-state index contributed by atoms with van der Waals surface area (Å²) in [6.07, 6.45) is 5.11. The van der Waals surface area contributed by atoms with Crippen LogP contribution >= 0.6 is 7.37 Å². The highest BCUT2D eigenvalue weighted by atomic mass is 31.2. The third-order valence-electron chi connectivity index (χ3n) is 3.96. The molecule has 0 aromatic heterocycles. The SMILES string of the molecule is CCCCCP(=O)(OCc1ccccc1)C(CCCC)C(=O)O. The van der Waals surface area contributed by atoms with Crippen molar-refractivity contribution in [3.63, 3.8) is 0 Å². The Hall–Kier alpha value is -1.12. The maximum Gasteiger partial charge on any atom is 0.316 e. The van der Waals surface area contributed by atoms with Crippen LogP contribution < -0.4 is 0 Å². The van der Waals surface area contributed by atoms with E-state index in [1.165, 1.54) is 0 Å². The van der Waals surface area contributed by atoms with E-state index in [-0.39, 0.29) is 6.61 Å². The van der Waals surface area contributed by atoms with Crippen LogP contribution in [-0.4, -0.2) is 22.9 Å². The predicted molar refractivity (Wildman–Crippen MR) is 94.2 cm³/mol. The first-order chi connectivity index (χ1) is 11.0. The molecule has 2 atom stereocenters. The molecule has 5 heteroatoms. The molecule has 130 valence electrons. The first-order valence-corrected chi connectivity index (χ1v) is 10.4. The van der Waals surface area contributed by atoms with Gasteiger partial charge in [0.1, 0.15) is 5.66 Å². The zero-order valence-electron chi connectivity index (χ0n) is 14.2. The summed E-state index contributed by atoms with van der Waals surface area (Å²) in [5.41, 5.74) is 0.0332. The van der Waals surface area contributed by atoms with Gasteiger partial charge in [-0.05, 0) is 18.4 Å². The molecule has 1 rings (SSSR count). The van der Waals surface area contributed by atoms with Gasteiger partial charge >= 0.3 is 5.97 Å². The molecule has 0 aliphatic heterocycles. The van der Waals surface area contributed by atoms with Crippen LogP contribution in [0.15, 0.2) is 30.3 Å². The summed E-state index contributed by atoms with van der Waals surface area (Å²) in [6, 6.07) is 9.50. The maximum absolute atomic E-state index is 13.3. The van der Waals surface area contributed by atoms with Gasteiger partial charge in [0.2, 0.25) is 7.37 Å². The quantitative estimate of drug-likeness (QED) is 0.413. The van der Waals surface area contributed by atoms with Crippen molar-refractivity contribution in [3.8, 4) is 0 Å². The highest BCUT2D eigenvalue weighted by Crippen LogP contribution is 2.55. The third kappa shape index (κ3) is 6.88. The van der Waals surface area contributed by atoms with Gasteiger partial charge in [-0.3, -0.25) is 9.36 Å². The Morgan fingerprint density at radius 2 is 1.78 bits per heavy atom. The zero-order chi connectivity index (χ0) is 17.1. The van der Waals surface area contributed by atoms with E-state index in [1.54, 1.807) is 0 Å². The summed E-state index contributed by atoms with van der Waals surface area (Å²) in [6.45, 7) is 4.29. The number of rotatable bonds is 12. The molecule has 2 unspecified atom stereocenters. The van der Waals surface area contributed by atoms with E-state index in [0.717, 1.165) is 37.7 Å². The van der Waals surface area contributed by atoms with Crippen LogP contribution in [0.3, 0.4) is 0 Å². The number of carboxylic acids is 1. The van der Waals surface area contributed by atoms with E-state index < -0.39 is 19.0 Å². The van der Waals surface area contributed by atoms with E-state index >= 15 is 0 Å². The summed E-state index contributed by atoms with van der Waals surface area (Å²) >= 11 is 0. The number of benzene rings is 1. The van der Waals surface area contributed by atoms with Crippen LogP contribution in [0.25, 0.3) is 0 Å². The molecule has 0 spiro atoms. The number of carboxylic acid groups (broad SMARTS) is 1. The molecule has 23 heavy (non-hydrogen) atoms. The number of carbonyl (C=O) groups is 1. The van der Waals surface area contributed by atoms with Crippen LogP contribution in [0.2, 0.25) is 0 Å². The smallest absolute Gasteiger partial charge is 0.316 e. The highest BCUT2D eigenvalue weighted by Gasteiger charge is 2.38. The van der Waals surface area contributed by atoms with Gasteiger partial charge in [0.25, 0.3) is 0 Å². The van der Waals surface area contributed by atoms with E-state index in [1.807, 2.05) is 37.3 Å². The van der Waals surface area contributed by atoms with E-state index in [4.69, 9.17) is 4.52 Å². The van der Waals surface area contributed by atoms with Crippen molar-refractivity contribution in [3.05, 3.63) is 35.9 Å². The van der Waals surface area contributed by atoms with Crippen LogP contribution in [0.4, 0.5) is 0 Å². The fourth-order valence-electron chi connectivity index (χ4n) is 2.54. The van der Waals surface area contributed by atoms with Crippen molar-refractivity contribution < 1.29 is 19.0 Å². The lowest BCUT2D eigenvalue weighted by molar-refractivity contribution is -0.136. The number of hydrogen-bond acceptors (Lipinski definition) is 3. The third-order valence-corrected chi connectivity index (χ3v) is 6.89. The van der Waals surface area contributed by atoms with Gasteiger partial charge in [-0.25, -0.2) is 0 Å². The highest BCUT2D eigenvalue weighted by molar-refractivity contribution is 7.60. The number of hydrogen-bond donors (Lipinski definition) is 1. The minimum Gasteiger partial charge on any atom is -0.481 e. The second-order valence-corrected chi connectivity index (χ2v) is 8.69. The van der Waals surface area contributed by atoms with Crippen LogP contribution in [0.5, 0.6) is 0 Å². The second kappa shape index (κ2) is 10.6. The Balaban J connectivity index is 2.85. The summed E-state index contributed by atoms with van der Waals surface area (Å²) in [5, 5.41) is 9.54. The van der Waals surface area contributed by atoms with E-state index in [9.17, 15) is 14.5 Å². The Morgan fingerprint density at radius 1 is 1.13 bits per heavy atom. The molecule has 0 bridgehead atoms. The summed E-state index contributed by atoms with van der Waals surface area (Å²) < 4.78 is 19.1. The molecule has 0 radical (unpaired) electrons. The average molecular weight is 340 g/mol. The van der Waals surface area contributed by atoms with E-state index in [2.05, 4.69) is 6.92 Å². The van der Waals surface area contributed by atoms with Gasteiger partial charge in [-0.1, -0.05) is 69.9 Å². The lowest BCUT2D eigenvalue weighted by Crippen LogP contribution is -2.23. The van der Waals surface area contributed by atoms with Crippen molar-refractivity contribution in [2.24, 2.45) is 0 Å². The Bertz CT molecular complexity index is 501. The van der Waals surface area contributed by atoms with Gasteiger partial charge in [-0.15, -0.1) is 0 Å². The summed E-state index contributed by atoms with van der Waals surface area (Å²) in [5.74, 6) is -0.994. The zero-order valence-corrected chi connectivity index (χ0v) is 15.1. The predicted octanol–water partition coefficient (Wildman–Crippen LogP) is 5.31. The molecule has 4 nitrogen and oxygen atoms in total. The van der Waals surface area contributed by atoms with Crippen molar-refractivity contribution >= 4 is 13.3 Å². The fourth-order valence-corrected chi connectivity index (χ4v) is 5.10. The topological polar surface area (TPSA) is 63.6 Å². The fraction of sp³-hybridized carbons (Fsp3) is 0.611. The van der Waals surface area contributed by atoms with Gasteiger partial charge < -0.3 is 9.63 Å². The van der Waals surface area contributed by atoms with Gasteiger partial charge in [0, 0.05) is 6.16 Å². The standard InChI is InChI=1S/C18H29O4P/c1-3-5-10-14-23(21,17(18(19)20)13-6-4-2)22-15-16-11-8-7-9-12-16/h7-9,11-12,17H,3-6,10,13-15H2,1-2H3,(H,19,20). The molecule has 0 aliphatic rings. The Labute approximate surface area is 139 Å². The van der Waals surface area contributed by atoms with Crippen molar-refractivity contribution in [1.82, 2.24) is 0 Å². The van der Waals surface area contributed by atoms with Crippen LogP contribution in [0, 0.1) is 0 Å². The van der Waals surface area contributed by atoms with Crippen LogP contribution in [-0.2, 0) is 20.5 Å². The molecule has 0 saturated carbocycles. The normalized spacial score (nSPS) is 15.0. The van der Waals surface area contributed by atoms with Gasteiger partial charge in [0.05, 0.1) is 6.61 Å². The summed E-state index contributed by atoms with van der Waals surface area (Å²) in [4.78, 5) is 11.6. The lowest BCUT2D eigenvalue weighted by atomic mass is 10.2. The Kier molecular flexibility index (Phi) is 9.20. The molecule has 1 aromatic rings. The molecular weight excluding hydrogens is 311 g/mol. The summed E-state index contributed by atoms with van der Waals surface area (Å²) in [7, 11) is -3.21. The molecule has 0 fully saturated rings. The molecular formula is C18H29O4P. The van der Waals surface area contributed by atoms with Crippen molar-refractivity contribution in [1.29, 1.82) is 0 Å². The van der Waals surface area contributed by atoms with E-state index in [0.29, 0.717) is 12.6 Å². The van der Waals surface area contributed by atoms with Gasteiger partial charge in [0.15, 0.2) is 0 Å². The number of aliphatic carboxylic acids is 1. The van der Waals surface area contributed by atoms with Crippen molar-refractivity contribution in [2.75, 3.05) is 6.16 Å². The lowest BCUT2D eigenvalue weighted by Gasteiger charge is -2.25. The minimum atomic E-state index is -3.21. The Morgan fingerprint density at radius 3 is 2.35 bits per heavy atom. The molecule has 1 N–H and O–H groups in total. The first kappa shape index (κ1) is 19.9. The van der Waals surface area contributed by atoms with Crippen molar-refractivity contribution in [2.45, 2.75) is 64.6 Å². The molecule has 1 aromatic carbocycles. The average Bonchev–Trinajstić information content (AvgIpc) is 2.54.